The summed E-state index contributed by atoms with van der Waals surface area (Å²) in [6.45, 7) is 1.92. The fourth-order valence-electron chi connectivity index (χ4n) is 2.50. The summed E-state index contributed by atoms with van der Waals surface area (Å²) in [6.07, 6.45) is 4.69. The van der Waals surface area contributed by atoms with Crippen molar-refractivity contribution in [3.8, 4) is 11.3 Å². The molecule has 26 heavy (non-hydrogen) atoms. The number of hydrogen-bond donors (Lipinski definition) is 1. The van der Waals surface area contributed by atoms with Crippen LogP contribution in [0.2, 0.25) is 0 Å². The maximum Gasteiger partial charge on any atom is 0.271 e. The summed E-state index contributed by atoms with van der Waals surface area (Å²) >= 11 is 1.50. The Hall–Kier alpha value is -3.39. The van der Waals surface area contributed by atoms with Gasteiger partial charge >= 0.3 is 0 Å². The second kappa shape index (κ2) is 6.85. The Kier molecular flexibility index (Phi) is 4.24. The Labute approximate surface area is 153 Å². The lowest BCUT2D eigenvalue weighted by molar-refractivity contribution is 0.0955. The molecule has 3 heterocycles. The van der Waals surface area contributed by atoms with Gasteiger partial charge in [-0.3, -0.25) is 9.78 Å². The van der Waals surface area contributed by atoms with Crippen LogP contribution in [0, 0.1) is 6.92 Å². The first kappa shape index (κ1) is 16.1. The van der Waals surface area contributed by atoms with Gasteiger partial charge in [-0.1, -0.05) is 41.7 Å². The Balaban J connectivity index is 1.67. The zero-order valence-electron chi connectivity index (χ0n) is 13.8. The van der Waals surface area contributed by atoms with Crippen molar-refractivity contribution in [1.29, 1.82) is 0 Å². The van der Waals surface area contributed by atoms with E-state index in [0.717, 1.165) is 21.2 Å². The zero-order valence-corrected chi connectivity index (χ0v) is 14.6. The molecule has 0 saturated carbocycles. The normalized spacial score (nSPS) is 11.3. The van der Waals surface area contributed by atoms with E-state index in [4.69, 9.17) is 0 Å². The predicted molar refractivity (Wildman–Crippen MR) is 100 cm³/mol. The van der Waals surface area contributed by atoms with E-state index in [-0.39, 0.29) is 5.91 Å². The lowest BCUT2D eigenvalue weighted by Gasteiger charge is -2.00. The summed E-state index contributed by atoms with van der Waals surface area (Å²) in [4.78, 5) is 21.4. The average molecular weight is 362 g/mol. The molecule has 0 unspecified atom stereocenters. The minimum Gasteiger partial charge on any atom is -0.267 e. The highest BCUT2D eigenvalue weighted by atomic mass is 32.1. The van der Waals surface area contributed by atoms with Crippen LogP contribution in [0.25, 0.3) is 16.2 Å². The van der Waals surface area contributed by atoms with E-state index in [9.17, 15) is 4.79 Å². The third-order valence-electron chi connectivity index (χ3n) is 3.68. The molecule has 4 aromatic rings. The first-order valence-electron chi connectivity index (χ1n) is 7.87. The second-order valence-electron chi connectivity index (χ2n) is 5.46. The van der Waals surface area contributed by atoms with Gasteiger partial charge < -0.3 is 0 Å². The van der Waals surface area contributed by atoms with Gasteiger partial charge in [-0.05, 0) is 19.1 Å². The van der Waals surface area contributed by atoms with Gasteiger partial charge in [-0.25, -0.2) is 14.9 Å². The van der Waals surface area contributed by atoms with E-state index in [0.29, 0.717) is 11.3 Å². The smallest absolute Gasteiger partial charge is 0.267 e. The minimum atomic E-state index is -0.305. The molecule has 0 aliphatic rings. The van der Waals surface area contributed by atoms with Crippen LogP contribution in [0.5, 0.6) is 0 Å². The van der Waals surface area contributed by atoms with Crippen molar-refractivity contribution >= 4 is 28.4 Å². The summed E-state index contributed by atoms with van der Waals surface area (Å²) in [5.41, 5.74) is 5.46. The van der Waals surface area contributed by atoms with Crippen LogP contribution in [-0.2, 0) is 0 Å². The van der Waals surface area contributed by atoms with Gasteiger partial charge in [0.1, 0.15) is 16.4 Å². The molecule has 0 atom stereocenters. The first-order valence-corrected chi connectivity index (χ1v) is 8.69. The van der Waals surface area contributed by atoms with Crippen LogP contribution in [0.15, 0.2) is 60.0 Å². The van der Waals surface area contributed by atoms with E-state index >= 15 is 0 Å². The molecule has 0 aliphatic heterocycles. The number of nitrogens with one attached hydrogen (secondary N) is 1. The van der Waals surface area contributed by atoms with Gasteiger partial charge in [-0.2, -0.15) is 10.2 Å². The summed E-state index contributed by atoms with van der Waals surface area (Å²) in [6, 6.07) is 13.1. The number of hydrogen-bond acceptors (Lipinski definition) is 6. The largest absolute Gasteiger partial charge is 0.271 e. The molecule has 3 aromatic heterocycles. The van der Waals surface area contributed by atoms with Gasteiger partial charge in [0.25, 0.3) is 5.91 Å². The number of carbonyl (C=O) groups excluding carboxylic acids is 1. The summed E-state index contributed by atoms with van der Waals surface area (Å²) in [7, 11) is 0. The third kappa shape index (κ3) is 3.09. The van der Waals surface area contributed by atoms with Crippen LogP contribution >= 0.6 is 11.3 Å². The lowest BCUT2D eigenvalue weighted by Crippen LogP contribution is -2.17. The van der Waals surface area contributed by atoms with E-state index < -0.39 is 0 Å². The molecule has 8 heteroatoms. The van der Waals surface area contributed by atoms with Gasteiger partial charge in [0.05, 0.1) is 6.21 Å². The summed E-state index contributed by atoms with van der Waals surface area (Å²) in [5, 5.41) is 9.48. The number of rotatable bonds is 4. The second-order valence-corrected chi connectivity index (χ2v) is 6.62. The van der Waals surface area contributed by atoms with Crippen molar-refractivity contribution in [2.75, 3.05) is 0 Å². The molecule has 0 bridgehead atoms. The number of pyridine rings is 1. The third-order valence-corrected chi connectivity index (χ3v) is 4.51. The van der Waals surface area contributed by atoms with Crippen molar-refractivity contribution in [3.63, 3.8) is 0 Å². The average Bonchev–Trinajstić information content (AvgIpc) is 3.20. The quantitative estimate of drug-likeness (QED) is 0.447. The summed E-state index contributed by atoms with van der Waals surface area (Å²) in [5.74, 6) is -0.305. The fraction of sp³-hybridized carbons (Fsp3) is 0.0556. The number of aryl methyl sites for hydroxylation is 1. The van der Waals surface area contributed by atoms with E-state index in [1.54, 1.807) is 35.3 Å². The molecule has 1 aromatic carbocycles. The molecule has 0 fully saturated rings. The van der Waals surface area contributed by atoms with Crippen LogP contribution in [0.1, 0.15) is 21.1 Å². The van der Waals surface area contributed by atoms with E-state index in [1.807, 2.05) is 37.3 Å². The monoisotopic (exact) mass is 362 g/mol. The Bertz CT molecular complexity index is 1090. The Morgan fingerprint density at radius 1 is 1.19 bits per heavy atom. The molecule has 0 aliphatic carbocycles. The molecule has 1 amide bonds. The maximum atomic E-state index is 12.1. The highest BCUT2D eigenvalue weighted by Gasteiger charge is 2.15. The first-order chi connectivity index (χ1) is 12.7. The van der Waals surface area contributed by atoms with Crippen LogP contribution < -0.4 is 5.43 Å². The zero-order chi connectivity index (χ0) is 17.9. The van der Waals surface area contributed by atoms with Gasteiger partial charge in [0, 0.05) is 23.5 Å². The van der Waals surface area contributed by atoms with Crippen molar-refractivity contribution in [1.82, 2.24) is 25.0 Å². The molecule has 0 radical (unpaired) electrons. The van der Waals surface area contributed by atoms with Crippen molar-refractivity contribution in [2.45, 2.75) is 6.92 Å². The molecule has 0 spiro atoms. The van der Waals surface area contributed by atoms with Crippen LogP contribution in [0.4, 0.5) is 0 Å². The number of aromatic nitrogens is 4. The number of amides is 1. The Morgan fingerprint density at radius 2 is 1.96 bits per heavy atom. The fourth-order valence-corrected chi connectivity index (χ4v) is 3.25. The van der Waals surface area contributed by atoms with E-state index in [2.05, 4.69) is 25.6 Å². The maximum absolute atomic E-state index is 12.1. The van der Waals surface area contributed by atoms with Crippen LogP contribution in [-0.4, -0.2) is 31.7 Å². The van der Waals surface area contributed by atoms with Crippen molar-refractivity contribution in [2.24, 2.45) is 5.10 Å². The van der Waals surface area contributed by atoms with Crippen molar-refractivity contribution < 1.29 is 4.79 Å². The molecule has 1 N–H and O–H groups in total. The highest BCUT2D eigenvalue weighted by molar-refractivity contribution is 7.16. The summed E-state index contributed by atoms with van der Waals surface area (Å²) < 4.78 is 1.74. The number of nitrogens with zero attached hydrogens (tertiary/aromatic N) is 5. The number of benzene rings is 1. The molecular weight excluding hydrogens is 348 g/mol. The number of carbonyl (C=O) groups is 1. The van der Waals surface area contributed by atoms with Crippen LogP contribution in [0.3, 0.4) is 0 Å². The van der Waals surface area contributed by atoms with E-state index in [1.165, 1.54) is 11.3 Å². The van der Waals surface area contributed by atoms with Gasteiger partial charge in [-0.15, -0.1) is 0 Å². The number of hydrazone groups is 1. The molecule has 128 valence electrons. The van der Waals surface area contributed by atoms with Gasteiger partial charge in [0.2, 0.25) is 4.96 Å². The molecule has 7 nitrogen and oxygen atoms in total. The predicted octanol–water partition coefficient (Wildman–Crippen LogP) is 2.93. The topological polar surface area (TPSA) is 84.5 Å². The van der Waals surface area contributed by atoms with Crippen molar-refractivity contribution in [3.05, 3.63) is 71.1 Å². The molecule has 0 saturated heterocycles. The highest BCUT2D eigenvalue weighted by Crippen LogP contribution is 2.25. The van der Waals surface area contributed by atoms with Gasteiger partial charge in [0.15, 0.2) is 0 Å². The SMILES string of the molecule is Cc1nn2c(/C=N/NC(=O)c3ccncc3)c(-c3ccccc3)nc2s1. The standard InChI is InChI=1S/C18H14N6OS/c1-12-23-24-15(11-20-22-17(25)14-7-9-19-10-8-14)16(21-18(24)26-12)13-5-3-2-4-6-13/h2-11H,1H3,(H,22,25)/b20-11+. The molecular formula is C18H14N6OS. The minimum absolute atomic E-state index is 0.305. The number of imidazole rings is 1. The number of fused-ring (bicyclic) bond motifs is 1. The lowest BCUT2D eigenvalue weighted by atomic mass is 10.1. The Morgan fingerprint density at radius 3 is 2.73 bits per heavy atom. The molecule has 4 rings (SSSR count).